The van der Waals surface area contributed by atoms with E-state index in [1.165, 1.54) is 12.1 Å². The molecule has 0 aliphatic carbocycles. The summed E-state index contributed by atoms with van der Waals surface area (Å²) >= 11 is 3.19. The van der Waals surface area contributed by atoms with Crippen molar-refractivity contribution in [2.75, 3.05) is 25.0 Å². The van der Waals surface area contributed by atoms with Crippen molar-refractivity contribution in [1.82, 2.24) is 10.2 Å². The van der Waals surface area contributed by atoms with Crippen LogP contribution in [0.2, 0.25) is 0 Å². The minimum atomic E-state index is -0.531. The van der Waals surface area contributed by atoms with E-state index in [0.717, 1.165) is 25.8 Å². The zero-order valence-corrected chi connectivity index (χ0v) is 18.3. The molecule has 1 aliphatic rings. The first-order chi connectivity index (χ1) is 13.1. The Balaban J connectivity index is 1.81. The molecule has 156 valence electrons. The molecule has 0 radical (unpaired) electrons. The van der Waals surface area contributed by atoms with Crippen LogP contribution in [0.3, 0.4) is 0 Å². The molecular formula is C20H29BrFN3O3. The van der Waals surface area contributed by atoms with E-state index in [1.807, 2.05) is 20.8 Å². The van der Waals surface area contributed by atoms with Gasteiger partial charge in [-0.05, 0) is 58.4 Å². The van der Waals surface area contributed by atoms with Gasteiger partial charge in [0, 0.05) is 30.0 Å². The smallest absolute Gasteiger partial charge is 0.407 e. The second-order valence-electron chi connectivity index (χ2n) is 7.99. The fourth-order valence-corrected chi connectivity index (χ4v) is 3.48. The maximum absolute atomic E-state index is 13.9. The van der Waals surface area contributed by atoms with Crippen LogP contribution in [0.5, 0.6) is 0 Å². The molecule has 1 saturated heterocycles. The highest BCUT2D eigenvalue weighted by Crippen LogP contribution is 2.20. The van der Waals surface area contributed by atoms with Gasteiger partial charge in [-0.25, -0.2) is 9.18 Å². The molecule has 0 aromatic heterocycles. The summed E-state index contributed by atoms with van der Waals surface area (Å²) in [7, 11) is 0. The predicted molar refractivity (Wildman–Crippen MR) is 111 cm³/mol. The largest absolute Gasteiger partial charge is 0.444 e. The molecule has 0 saturated carbocycles. The number of rotatable bonds is 6. The van der Waals surface area contributed by atoms with E-state index in [2.05, 4.69) is 31.5 Å². The van der Waals surface area contributed by atoms with Crippen LogP contribution in [0.15, 0.2) is 22.7 Å². The topological polar surface area (TPSA) is 70.7 Å². The van der Waals surface area contributed by atoms with Gasteiger partial charge in [-0.1, -0.05) is 22.4 Å². The van der Waals surface area contributed by atoms with Gasteiger partial charge in [0.25, 0.3) is 0 Å². The Morgan fingerprint density at radius 2 is 2.07 bits per heavy atom. The van der Waals surface area contributed by atoms with Crippen molar-refractivity contribution in [2.45, 2.75) is 58.1 Å². The number of ether oxygens (including phenoxy) is 1. The molecule has 28 heavy (non-hydrogen) atoms. The fraction of sp³-hybridized carbons (Fsp3) is 0.600. The Morgan fingerprint density at radius 1 is 1.32 bits per heavy atom. The number of carbonyl (C=O) groups is 2. The molecule has 1 unspecified atom stereocenters. The van der Waals surface area contributed by atoms with E-state index >= 15 is 0 Å². The van der Waals surface area contributed by atoms with Gasteiger partial charge in [0.1, 0.15) is 11.4 Å². The zero-order valence-electron chi connectivity index (χ0n) is 16.7. The number of nitrogens with one attached hydrogen (secondary N) is 2. The van der Waals surface area contributed by atoms with Gasteiger partial charge < -0.3 is 15.4 Å². The van der Waals surface area contributed by atoms with Gasteiger partial charge in [-0.15, -0.1) is 0 Å². The second kappa shape index (κ2) is 10.2. The van der Waals surface area contributed by atoms with E-state index < -0.39 is 17.5 Å². The minimum Gasteiger partial charge on any atom is -0.444 e. The highest BCUT2D eigenvalue weighted by atomic mass is 79.9. The average molecular weight is 458 g/mol. The molecule has 1 atom stereocenters. The molecule has 6 nitrogen and oxygen atoms in total. The van der Waals surface area contributed by atoms with E-state index in [0.29, 0.717) is 17.6 Å². The maximum Gasteiger partial charge on any atom is 0.407 e. The molecule has 1 aromatic rings. The van der Waals surface area contributed by atoms with Crippen LogP contribution < -0.4 is 10.6 Å². The number of nitrogens with zero attached hydrogens (tertiary/aromatic N) is 1. The standard InChI is InChI=1S/C20H29BrFN3O3/c1-20(2,3)28-19(27)23-13-15-6-4-5-10-25(15)11-9-18(26)24-17-8-7-14(21)12-16(17)22/h7-8,12,15H,4-6,9-11,13H2,1-3H3,(H,23,27)(H,24,26). The normalized spacial score (nSPS) is 17.8. The lowest BCUT2D eigenvalue weighted by atomic mass is 10.0. The third kappa shape index (κ3) is 7.75. The Hall–Kier alpha value is -1.67. The quantitative estimate of drug-likeness (QED) is 0.667. The maximum atomic E-state index is 13.9. The Morgan fingerprint density at radius 3 is 2.75 bits per heavy atom. The Labute approximate surface area is 174 Å². The minimum absolute atomic E-state index is 0.165. The molecule has 1 heterocycles. The third-order valence-corrected chi connectivity index (χ3v) is 4.95. The number of benzene rings is 1. The van der Waals surface area contributed by atoms with Crippen LogP contribution in [-0.2, 0) is 9.53 Å². The van der Waals surface area contributed by atoms with E-state index in [1.54, 1.807) is 6.07 Å². The number of hydrogen-bond donors (Lipinski definition) is 2. The lowest BCUT2D eigenvalue weighted by Crippen LogP contribution is -2.48. The highest BCUT2D eigenvalue weighted by molar-refractivity contribution is 9.10. The molecule has 1 fully saturated rings. The number of halogens is 2. The molecule has 0 spiro atoms. The van der Waals surface area contributed by atoms with Crippen LogP contribution in [0.1, 0.15) is 46.5 Å². The van der Waals surface area contributed by atoms with Gasteiger partial charge in [-0.2, -0.15) is 0 Å². The van der Waals surface area contributed by atoms with Crippen LogP contribution in [0, 0.1) is 5.82 Å². The van der Waals surface area contributed by atoms with E-state index in [9.17, 15) is 14.0 Å². The summed E-state index contributed by atoms with van der Waals surface area (Å²) in [6.07, 6.45) is 2.94. The summed E-state index contributed by atoms with van der Waals surface area (Å²) in [6, 6.07) is 4.70. The van der Waals surface area contributed by atoms with E-state index in [4.69, 9.17) is 4.74 Å². The van der Waals surface area contributed by atoms with Gasteiger partial charge in [0.2, 0.25) is 5.91 Å². The van der Waals surface area contributed by atoms with Crippen molar-refractivity contribution >= 4 is 33.6 Å². The number of amides is 2. The Bertz CT molecular complexity index is 694. The van der Waals surface area contributed by atoms with Crippen LogP contribution in [-0.4, -0.2) is 48.2 Å². The van der Waals surface area contributed by atoms with Gasteiger partial charge >= 0.3 is 6.09 Å². The van der Waals surface area contributed by atoms with Crippen molar-refractivity contribution in [3.05, 3.63) is 28.5 Å². The summed E-state index contributed by atoms with van der Waals surface area (Å²) in [4.78, 5) is 26.3. The molecule has 8 heteroatoms. The summed E-state index contributed by atoms with van der Waals surface area (Å²) in [5.41, 5.74) is -0.355. The monoisotopic (exact) mass is 457 g/mol. The lowest BCUT2D eigenvalue weighted by Gasteiger charge is -2.35. The number of alkyl carbamates (subject to hydrolysis) is 1. The molecule has 1 aliphatic heterocycles. The summed E-state index contributed by atoms with van der Waals surface area (Å²) in [5.74, 6) is -0.703. The van der Waals surface area contributed by atoms with Crippen LogP contribution >= 0.6 is 15.9 Å². The number of hydrogen-bond acceptors (Lipinski definition) is 4. The van der Waals surface area contributed by atoms with Crippen molar-refractivity contribution in [2.24, 2.45) is 0 Å². The van der Waals surface area contributed by atoms with Crippen molar-refractivity contribution in [1.29, 1.82) is 0 Å². The number of piperidine rings is 1. The van der Waals surface area contributed by atoms with Crippen LogP contribution in [0.25, 0.3) is 0 Å². The SMILES string of the molecule is CC(C)(C)OC(=O)NCC1CCCCN1CCC(=O)Nc1ccc(Br)cc1F. The molecule has 1 aromatic carbocycles. The first-order valence-corrected chi connectivity index (χ1v) is 10.4. The zero-order chi connectivity index (χ0) is 20.7. The van der Waals surface area contributed by atoms with Gasteiger partial charge in [-0.3, -0.25) is 9.69 Å². The molecule has 2 amide bonds. The number of likely N-dealkylation sites (tertiary alicyclic amines) is 1. The second-order valence-corrected chi connectivity index (χ2v) is 8.91. The molecular weight excluding hydrogens is 429 g/mol. The summed E-state index contributed by atoms with van der Waals surface area (Å²) in [6.45, 7) is 7.40. The highest BCUT2D eigenvalue weighted by Gasteiger charge is 2.24. The molecule has 2 rings (SSSR count). The van der Waals surface area contributed by atoms with Crippen molar-refractivity contribution < 1.29 is 18.7 Å². The van der Waals surface area contributed by atoms with Crippen LogP contribution in [0.4, 0.5) is 14.9 Å². The number of anilines is 1. The molecule has 0 bridgehead atoms. The third-order valence-electron chi connectivity index (χ3n) is 4.46. The Kier molecular flexibility index (Phi) is 8.24. The predicted octanol–water partition coefficient (Wildman–Crippen LogP) is 4.30. The van der Waals surface area contributed by atoms with Crippen molar-refractivity contribution in [3.63, 3.8) is 0 Å². The van der Waals surface area contributed by atoms with Gasteiger partial charge in [0.15, 0.2) is 0 Å². The first kappa shape index (κ1) is 22.6. The van der Waals surface area contributed by atoms with E-state index in [-0.39, 0.29) is 24.1 Å². The fourth-order valence-electron chi connectivity index (χ4n) is 3.15. The lowest BCUT2D eigenvalue weighted by molar-refractivity contribution is -0.116. The first-order valence-electron chi connectivity index (χ1n) is 9.60. The number of carbonyl (C=O) groups excluding carboxylic acids is 2. The summed E-state index contributed by atoms with van der Waals surface area (Å²) in [5, 5.41) is 5.44. The van der Waals surface area contributed by atoms with Gasteiger partial charge in [0.05, 0.1) is 5.69 Å². The average Bonchev–Trinajstić information content (AvgIpc) is 2.60. The molecule has 2 N–H and O–H groups in total. The summed E-state index contributed by atoms with van der Waals surface area (Å²) < 4.78 is 19.8. The van der Waals surface area contributed by atoms with Crippen molar-refractivity contribution in [3.8, 4) is 0 Å².